The average Bonchev–Trinajstić information content (AvgIpc) is 3.15. The summed E-state index contributed by atoms with van der Waals surface area (Å²) < 4.78 is 0. The van der Waals surface area contributed by atoms with Gasteiger partial charge in [-0.25, -0.2) is 0 Å². The Bertz CT molecular complexity index is 956. The van der Waals surface area contributed by atoms with Crippen molar-refractivity contribution in [3.63, 3.8) is 0 Å². The van der Waals surface area contributed by atoms with Crippen LogP contribution in [0.4, 0.5) is 10.8 Å². The van der Waals surface area contributed by atoms with E-state index in [-0.39, 0.29) is 11.8 Å². The highest BCUT2D eigenvalue weighted by Gasteiger charge is 2.14. The summed E-state index contributed by atoms with van der Waals surface area (Å²) in [5, 5.41) is 15.1. The van der Waals surface area contributed by atoms with Crippen molar-refractivity contribution in [2.75, 3.05) is 10.6 Å². The van der Waals surface area contributed by atoms with Gasteiger partial charge < -0.3 is 5.32 Å². The third-order valence-corrected chi connectivity index (χ3v) is 5.13. The summed E-state index contributed by atoms with van der Waals surface area (Å²) in [7, 11) is 0. The SMILES string of the molecule is CCC(=O)Nc1cccc(C(=O)Nc2nnc(CC(C)c3ccccc3)s2)c1. The summed E-state index contributed by atoms with van der Waals surface area (Å²) in [5.74, 6) is -0.0678. The van der Waals surface area contributed by atoms with Crippen LogP contribution >= 0.6 is 11.3 Å². The Morgan fingerprint density at radius 3 is 2.57 bits per heavy atom. The number of nitrogens with one attached hydrogen (secondary N) is 2. The summed E-state index contributed by atoms with van der Waals surface area (Å²) in [6.07, 6.45) is 1.14. The second-order valence-electron chi connectivity index (χ2n) is 6.45. The molecule has 28 heavy (non-hydrogen) atoms. The van der Waals surface area contributed by atoms with Gasteiger partial charge in [0.1, 0.15) is 5.01 Å². The summed E-state index contributed by atoms with van der Waals surface area (Å²) in [6, 6.07) is 17.0. The fourth-order valence-corrected chi connectivity index (χ4v) is 3.57. The lowest BCUT2D eigenvalue weighted by molar-refractivity contribution is -0.115. The first-order valence-electron chi connectivity index (χ1n) is 9.13. The van der Waals surface area contributed by atoms with E-state index in [2.05, 4.69) is 39.9 Å². The van der Waals surface area contributed by atoms with E-state index in [9.17, 15) is 9.59 Å². The van der Waals surface area contributed by atoms with Gasteiger partial charge in [0.15, 0.2) is 0 Å². The van der Waals surface area contributed by atoms with Gasteiger partial charge in [0.25, 0.3) is 5.91 Å². The van der Waals surface area contributed by atoms with Crippen LogP contribution in [0.25, 0.3) is 0 Å². The standard InChI is InChI=1S/C21H22N4O2S/c1-3-18(26)22-17-11-7-10-16(13-17)20(27)23-21-25-24-19(28-21)12-14(2)15-8-5-4-6-9-15/h4-11,13-14H,3,12H2,1-2H3,(H,22,26)(H,23,25,27). The second kappa shape index (κ2) is 9.23. The van der Waals surface area contributed by atoms with E-state index in [4.69, 9.17) is 0 Å². The van der Waals surface area contributed by atoms with Crippen molar-refractivity contribution in [3.05, 3.63) is 70.7 Å². The molecule has 144 valence electrons. The minimum absolute atomic E-state index is 0.0983. The smallest absolute Gasteiger partial charge is 0.257 e. The Balaban J connectivity index is 1.62. The minimum atomic E-state index is -0.286. The Kier molecular flexibility index (Phi) is 6.49. The van der Waals surface area contributed by atoms with Gasteiger partial charge in [0.05, 0.1) is 0 Å². The quantitative estimate of drug-likeness (QED) is 0.619. The first kappa shape index (κ1) is 19.7. The molecule has 7 heteroatoms. The van der Waals surface area contributed by atoms with Crippen LogP contribution < -0.4 is 10.6 Å². The van der Waals surface area contributed by atoms with Crippen LogP contribution in [0.2, 0.25) is 0 Å². The molecular weight excluding hydrogens is 372 g/mol. The Hall–Kier alpha value is -3.06. The molecule has 0 saturated heterocycles. The van der Waals surface area contributed by atoms with Crippen molar-refractivity contribution in [2.45, 2.75) is 32.6 Å². The van der Waals surface area contributed by atoms with Crippen LogP contribution in [-0.2, 0) is 11.2 Å². The number of carbonyl (C=O) groups is 2. The monoisotopic (exact) mass is 394 g/mol. The third-order valence-electron chi connectivity index (χ3n) is 4.27. The lowest BCUT2D eigenvalue weighted by Gasteiger charge is -2.08. The highest BCUT2D eigenvalue weighted by atomic mass is 32.1. The molecule has 1 unspecified atom stereocenters. The normalized spacial score (nSPS) is 11.6. The van der Waals surface area contributed by atoms with Crippen LogP contribution in [0.5, 0.6) is 0 Å². The molecule has 1 heterocycles. The maximum atomic E-state index is 12.5. The highest BCUT2D eigenvalue weighted by molar-refractivity contribution is 7.15. The first-order valence-corrected chi connectivity index (χ1v) is 9.95. The van der Waals surface area contributed by atoms with Crippen molar-refractivity contribution >= 4 is 34.0 Å². The summed E-state index contributed by atoms with van der Waals surface area (Å²) in [4.78, 5) is 24.0. The maximum absolute atomic E-state index is 12.5. The van der Waals surface area contributed by atoms with Crippen molar-refractivity contribution in [3.8, 4) is 0 Å². The number of hydrogen-bond donors (Lipinski definition) is 2. The van der Waals surface area contributed by atoms with E-state index >= 15 is 0 Å². The largest absolute Gasteiger partial charge is 0.326 e. The molecular formula is C21H22N4O2S. The Morgan fingerprint density at radius 1 is 1.04 bits per heavy atom. The molecule has 0 aliphatic heterocycles. The van der Waals surface area contributed by atoms with Gasteiger partial charge in [0, 0.05) is 24.1 Å². The number of benzene rings is 2. The minimum Gasteiger partial charge on any atom is -0.326 e. The third kappa shape index (κ3) is 5.23. The fourth-order valence-electron chi connectivity index (χ4n) is 2.70. The topological polar surface area (TPSA) is 84.0 Å². The van der Waals surface area contributed by atoms with Crippen molar-refractivity contribution in [1.29, 1.82) is 0 Å². The van der Waals surface area contributed by atoms with Gasteiger partial charge in [-0.05, 0) is 29.7 Å². The second-order valence-corrected chi connectivity index (χ2v) is 7.52. The number of aromatic nitrogens is 2. The molecule has 0 spiro atoms. The summed E-state index contributed by atoms with van der Waals surface area (Å²) in [5.41, 5.74) is 2.28. The molecule has 3 aromatic rings. The Labute approximate surface area is 168 Å². The molecule has 6 nitrogen and oxygen atoms in total. The molecule has 0 fully saturated rings. The van der Waals surface area contributed by atoms with Gasteiger partial charge >= 0.3 is 0 Å². The number of rotatable bonds is 7. The van der Waals surface area contributed by atoms with Crippen molar-refractivity contribution in [2.24, 2.45) is 0 Å². The van der Waals surface area contributed by atoms with Crippen LogP contribution in [0.3, 0.4) is 0 Å². The van der Waals surface area contributed by atoms with E-state index in [1.54, 1.807) is 31.2 Å². The summed E-state index contributed by atoms with van der Waals surface area (Å²) >= 11 is 1.37. The van der Waals surface area contributed by atoms with Crippen LogP contribution in [0.15, 0.2) is 54.6 Å². The van der Waals surface area contributed by atoms with Gasteiger partial charge in [0.2, 0.25) is 11.0 Å². The molecule has 0 radical (unpaired) electrons. The zero-order valence-electron chi connectivity index (χ0n) is 15.8. The molecule has 1 aromatic heterocycles. The number of hydrogen-bond acceptors (Lipinski definition) is 5. The van der Waals surface area contributed by atoms with Gasteiger partial charge in [-0.2, -0.15) is 0 Å². The van der Waals surface area contributed by atoms with Gasteiger partial charge in [-0.15, -0.1) is 10.2 Å². The number of anilines is 2. The zero-order valence-corrected chi connectivity index (χ0v) is 16.6. The van der Waals surface area contributed by atoms with E-state index < -0.39 is 0 Å². The van der Waals surface area contributed by atoms with Gasteiger partial charge in [-0.1, -0.05) is 61.6 Å². The molecule has 0 bridgehead atoms. The first-order chi connectivity index (χ1) is 13.5. The molecule has 0 aliphatic carbocycles. The average molecular weight is 395 g/mol. The molecule has 1 atom stereocenters. The van der Waals surface area contributed by atoms with Crippen LogP contribution in [-0.4, -0.2) is 22.0 Å². The number of carbonyl (C=O) groups excluding carboxylic acids is 2. The molecule has 2 amide bonds. The molecule has 0 aliphatic rings. The van der Waals surface area contributed by atoms with E-state index in [0.717, 1.165) is 11.4 Å². The zero-order chi connectivity index (χ0) is 19.9. The van der Waals surface area contributed by atoms with E-state index in [0.29, 0.717) is 28.7 Å². The van der Waals surface area contributed by atoms with Crippen molar-refractivity contribution in [1.82, 2.24) is 10.2 Å². The highest BCUT2D eigenvalue weighted by Crippen LogP contribution is 2.24. The molecule has 3 rings (SSSR count). The van der Waals surface area contributed by atoms with Crippen LogP contribution in [0, 0.1) is 0 Å². The molecule has 0 saturated carbocycles. The summed E-state index contributed by atoms with van der Waals surface area (Å²) in [6.45, 7) is 3.92. The Morgan fingerprint density at radius 2 is 1.82 bits per heavy atom. The number of amides is 2. The fraction of sp³-hybridized carbons (Fsp3) is 0.238. The van der Waals surface area contributed by atoms with E-state index in [1.165, 1.54) is 16.9 Å². The predicted octanol–water partition coefficient (Wildman–Crippen LogP) is 4.49. The van der Waals surface area contributed by atoms with Crippen molar-refractivity contribution < 1.29 is 9.59 Å². The lowest BCUT2D eigenvalue weighted by atomic mass is 9.98. The van der Waals surface area contributed by atoms with Gasteiger partial charge in [-0.3, -0.25) is 14.9 Å². The molecule has 2 aromatic carbocycles. The molecule has 2 N–H and O–H groups in total. The maximum Gasteiger partial charge on any atom is 0.257 e. The number of nitrogens with zero attached hydrogens (tertiary/aromatic N) is 2. The van der Waals surface area contributed by atoms with Crippen LogP contribution in [0.1, 0.15) is 47.1 Å². The predicted molar refractivity (Wildman–Crippen MR) is 112 cm³/mol. The lowest BCUT2D eigenvalue weighted by Crippen LogP contribution is -2.13. The van der Waals surface area contributed by atoms with E-state index in [1.807, 2.05) is 18.2 Å².